The van der Waals surface area contributed by atoms with Crippen molar-refractivity contribution in [3.63, 3.8) is 0 Å². The summed E-state index contributed by atoms with van der Waals surface area (Å²) in [6, 6.07) is 7.27. The van der Waals surface area contributed by atoms with E-state index in [0.29, 0.717) is 22.9 Å². The minimum absolute atomic E-state index is 0.261. The Balaban J connectivity index is 1.98. The Morgan fingerprint density at radius 1 is 1.17 bits per heavy atom. The summed E-state index contributed by atoms with van der Waals surface area (Å²) in [5, 5.41) is 3.15. The summed E-state index contributed by atoms with van der Waals surface area (Å²) in [6.07, 6.45) is 3.50. The van der Waals surface area contributed by atoms with Gasteiger partial charge in [-0.25, -0.2) is 9.97 Å². The molecule has 0 aliphatic carbocycles. The fourth-order valence-electron chi connectivity index (χ4n) is 1.91. The van der Waals surface area contributed by atoms with Crippen molar-refractivity contribution in [2.75, 3.05) is 23.0 Å². The Labute approximate surface area is 135 Å². The zero-order chi connectivity index (χ0) is 16.7. The SMILES string of the molecule is CCCCNc1ncnc(NNC(=O)c2ccc(C)cc2)c1N. The topological polar surface area (TPSA) is 105 Å². The third-order valence-electron chi connectivity index (χ3n) is 3.31. The molecule has 1 aromatic heterocycles. The van der Waals surface area contributed by atoms with Crippen LogP contribution in [-0.2, 0) is 0 Å². The Hall–Kier alpha value is -2.83. The molecule has 0 saturated carbocycles. The molecule has 7 heteroatoms. The van der Waals surface area contributed by atoms with Crippen molar-refractivity contribution in [2.45, 2.75) is 26.7 Å². The van der Waals surface area contributed by atoms with Crippen molar-refractivity contribution in [3.05, 3.63) is 41.7 Å². The highest BCUT2D eigenvalue weighted by atomic mass is 16.2. The van der Waals surface area contributed by atoms with Crippen molar-refractivity contribution in [1.82, 2.24) is 15.4 Å². The van der Waals surface area contributed by atoms with Crippen molar-refractivity contribution in [1.29, 1.82) is 0 Å². The molecular weight excluding hydrogens is 292 g/mol. The molecule has 2 rings (SSSR count). The number of hydrogen-bond acceptors (Lipinski definition) is 6. The van der Waals surface area contributed by atoms with E-state index in [2.05, 4.69) is 33.1 Å². The number of hydrazine groups is 1. The van der Waals surface area contributed by atoms with E-state index in [0.717, 1.165) is 24.9 Å². The van der Waals surface area contributed by atoms with Gasteiger partial charge in [0.15, 0.2) is 11.6 Å². The average molecular weight is 314 g/mol. The second-order valence-electron chi connectivity index (χ2n) is 5.21. The molecule has 2 aromatic rings. The number of rotatable bonds is 7. The number of anilines is 3. The second-order valence-corrected chi connectivity index (χ2v) is 5.21. The minimum Gasteiger partial charge on any atom is -0.393 e. The number of aromatic nitrogens is 2. The maximum atomic E-state index is 12.1. The van der Waals surface area contributed by atoms with Gasteiger partial charge < -0.3 is 11.1 Å². The molecule has 1 heterocycles. The quantitative estimate of drug-likeness (QED) is 0.462. The average Bonchev–Trinajstić information content (AvgIpc) is 2.56. The van der Waals surface area contributed by atoms with Gasteiger partial charge in [-0.05, 0) is 25.5 Å². The monoisotopic (exact) mass is 314 g/mol. The summed E-state index contributed by atoms with van der Waals surface area (Å²) in [7, 11) is 0. The number of hydrogen-bond donors (Lipinski definition) is 4. The van der Waals surface area contributed by atoms with E-state index in [4.69, 9.17) is 5.73 Å². The summed E-state index contributed by atoms with van der Waals surface area (Å²) in [5.74, 6) is 0.656. The van der Waals surface area contributed by atoms with Crippen molar-refractivity contribution in [2.24, 2.45) is 0 Å². The van der Waals surface area contributed by atoms with Crippen LogP contribution in [0.3, 0.4) is 0 Å². The van der Waals surface area contributed by atoms with Crippen molar-refractivity contribution in [3.8, 4) is 0 Å². The molecule has 0 saturated heterocycles. The van der Waals surface area contributed by atoms with Crippen LogP contribution in [0.4, 0.5) is 17.3 Å². The fourth-order valence-corrected chi connectivity index (χ4v) is 1.91. The summed E-state index contributed by atoms with van der Waals surface area (Å²) in [6.45, 7) is 4.86. The predicted molar refractivity (Wildman–Crippen MR) is 92.1 cm³/mol. The van der Waals surface area contributed by atoms with Crippen molar-refractivity contribution < 1.29 is 4.79 Å². The minimum atomic E-state index is -0.261. The van der Waals surface area contributed by atoms with Crippen LogP contribution >= 0.6 is 0 Å². The van der Waals surface area contributed by atoms with Gasteiger partial charge in [0.25, 0.3) is 5.91 Å². The van der Waals surface area contributed by atoms with E-state index in [1.165, 1.54) is 6.33 Å². The molecule has 7 nitrogen and oxygen atoms in total. The molecule has 0 atom stereocenters. The molecule has 5 N–H and O–H groups in total. The third-order valence-corrected chi connectivity index (χ3v) is 3.31. The zero-order valence-electron chi connectivity index (χ0n) is 13.4. The maximum absolute atomic E-state index is 12.1. The summed E-state index contributed by atoms with van der Waals surface area (Å²) in [5.41, 5.74) is 13.3. The van der Waals surface area contributed by atoms with E-state index >= 15 is 0 Å². The number of carbonyl (C=O) groups excluding carboxylic acids is 1. The lowest BCUT2D eigenvalue weighted by Gasteiger charge is -2.13. The molecule has 122 valence electrons. The first-order valence-corrected chi connectivity index (χ1v) is 7.59. The van der Waals surface area contributed by atoms with E-state index < -0.39 is 0 Å². The zero-order valence-corrected chi connectivity index (χ0v) is 13.4. The molecule has 0 radical (unpaired) electrons. The maximum Gasteiger partial charge on any atom is 0.269 e. The standard InChI is InChI=1S/C16H22N6O/c1-3-4-9-18-14-13(17)15(20-10-19-14)21-22-16(23)12-7-5-11(2)6-8-12/h5-8,10H,3-4,9,17H2,1-2H3,(H,22,23)(H2,18,19,20,21). The normalized spacial score (nSPS) is 10.2. The Morgan fingerprint density at radius 2 is 1.87 bits per heavy atom. The Morgan fingerprint density at radius 3 is 2.57 bits per heavy atom. The van der Waals surface area contributed by atoms with Crippen LogP contribution in [0.25, 0.3) is 0 Å². The van der Waals surface area contributed by atoms with Crippen LogP contribution in [0.5, 0.6) is 0 Å². The van der Waals surface area contributed by atoms with Gasteiger partial charge in [-0.1, -0.05) is 31.0 Å². The van der Waals surface area contributed by atoms with E-state index in [9.17, 15) is 4.79 Å². The number of aryl methyl sites for hydroxylation is 1. The van der Waals surface area contributed by atoms with Crippen LogP contribution in [0.15, 0.2) is 30.6 Å². The highest BCUT2D eigenvalue weighted by Gasteiger charge is 2.09. The number of unbranched alkanes of at least 4 members (excludes halogenated alkanes) is 1. The van der Waals surface area contributed by atoms with Gasteiger partial charge in [0.05, 0.1) is 0 Å². The molecule has 1 amide bonds. The summed E-state index contributed by atoms with van der Waals surface area (Å²) in [4.78, 5) is 20.2. The van der Waals surface area contributed by atoms with Crippen LogP contribution in [-0.4, -0.2) is 22.4 Å². The highest BCUT2D eigenvalue weighted by Crippen LogP contribution is 2.21. The largest absolute Gasteiger partial charge is 0.393 e. The highest BCUT2D eigenvalue weighted by molar-refractivity contribution is 5.95. The molecular formula is C16H22N6O. The molecule has 0 aliphatic heterocycles. The predicted octanol–water partition coefficient (Wildman–Crippen LogP) is 2.34. The van der Waals surface area contributed by atoms with E-state index in [1.807, 2.05) is 19.1 Å². The third kappa shape index (κ3) is 4.57. The number of nitrogen functional groups attached to an aromatic ring is 1. The molecule has 1 aromatic carbocycles. The first kappa shape index (κ1) is 16.5. The number of nitrogens with two attached hydrogens (primary N) is 1. The Bertz CT molecular complexity index is 656. The first-order valence-electron chi connectivity index (χ1n) is 7.59. The van der Waals surface area contributed by atoms with Gasteiger partial charge in [-0.3, -0.25) is 15.6 Å². The molecule has 0 spiro atoms. The lowest BCUT2D eigenvalue weighted by molar-refractivity contribution is 0.0962. The molecule has 0 bridgehead atoms. The lowest BCUT2D eigenvalue weighted by Crippen LogP contribution is -2.30. The number of carbonyl (C=O) groups is 1. The molecule has 0 fully saturated rings. The summed E-state index contributed by atoms with van der Waals surface area (Å²) >= 11 is 0. The first-order chi connectivity index (χ1) is 11.1. The number of nitrogens with zero attached hydrogens (tertiary/aromatic N) is 2. The Kier molecular flexibility index (Phi) is 5.74. The molecule has 0 aliphatic rings. The smallest absolute Gasteiger partial charge is 0.269 e. The van der Waals surface area contributed by atoms with Crippen molar-refractivity contribution >= 4 is 23.2 Å². The summed E-state index contributed by atoms with van der Waals surface area (Å²) < 4.78 is 0. The number of amides is 1. The van der Waals surface area contributed by atoms with Gasteiger partial charge in [-0.15, -0.1) is 0 Å². The molecule has 0 unspecified atom stereocenters. The van der Waals surface area contributed by atoms with Gasteiger partial charge in [0.2, 0.25) is 0 Å². The molecule has 23 heavy (non-hydrogen) atoms. The fraction of sp³-hybridized carbons (Fsp3) is 0.312. The van der Waals surface area contributed by atoms with Gasteiger partial charge in [0, 0.05) is 12.1 Å². The lowest BCUT2D eigenvalue weighted by atomic mass is 10.1. The van der Waals surface area contributed by atoms with E-state index in [-0.39, 0.29) is 5.91 Å². The van der Waals surface area contributed by atoms with E-state index in [1.54, 1.807) is 12.1 Å². The van der Waals surface area contributed by atoms with Gasteiger partial charge in [0.1, 0.15) is 12.0 Å². The number of benzene rings is 1. The van der Waals surface area contributed by atoms with Gasteiger partial charge >= 0.3 is 0 Å². The van der Waals surface area contributed by atoms with Crippen LogP contribution in [0.1, 0.15) is 35.7 Å². The second kappa shape index (κ2) is 7.98. The van der Waals surface area contributed by atoms with Crippen LogP contribution in [0, 0.1) is 6.92 Å². The van der Waals surface area contributed by atoms with Gasteiger partial charge in [-0.2, -0.15) is 0 Å². The number of nitrogens with one attached hydrogen (secondary N) is 3. The van der Waals surface area contributed by atoms with Crippen LogP contribution in [0.2, 0.25) is 0 Å². The van der Waals surface area contributed by atoms with Crippen LogP contribution < -0.4 is 21.9 Å².